The molecule has 1 fully saturated rings. The third kappa shape index (κ3) is 2.28. The molecule has 0 unspecified atom stereocenters. The molecular weight excluding hydrogens is 236 g/mol. The van der Waals surface area contributed by atoms with Crippen LogP contribution in [0, 0.1) is 0 Å². The van der Waals surface area contributed by atoms with Gasteiger partial charge in [-0.3, -0.25) is 18.7 Å². The molecule has 0 saturated carbocycles. The maximum Gasteiger partial charge on any atom is 0.330 e. The molecule has 18 heavy (non-hydrogen) atoms. The summed E-state index contributed by atoms with van der Waals surface area (Å²) < 4.78 is 7.80. The Labute approximate surface area is 104 Å². The molecular formula is C12H16N2O4. The van der Waals surface area contributed by atoms with Crippen LogP contribution in [-0.4, -0.2) is 27.6 Å². The van der Waals surface area contributed by atoms with Crippen molar-refractivity contribution in [2.75, 3.05) is 6.61 Å². The van der Waals surface area contributed by atoms with E-state index in [1.165, 1.54) is 24.7 Å². The van der Waals surface area contributed by atoms with E-state index in [4.69, 9.17) is 4.74 Å². The van der Waals surface area contributed by atoms with E-state index in [0.717, 1.165) is 17.4 Å². The number of hydrogen-bond acceptors (Lipinski definition) is 4. The lowest BCUT2D eigenvalue weighted by Gasteiger charge is -2.13. The van der Waals surface area contributed by atoms with Crippen LogP contribution in [-0.2, 0) is 18.3 Å². The Bertz CT molecular complexity index is 579. The molecule has 1 saturated heterocycles. The molecule has 0 N–H and O–H groups in total. The molecule has 0 bridgehead atoms. The lowest BCUT2D eigenvalue weighted by molar-refractivity contribution is 0.0944. The van der Waals surface area contributed by atoms with Crippen LogP contribution < -0.4 is 11.2 Å². The average molecular weight is 252 g/mol. The average Bonchev–Trinajstić information content (AvgIpc) is 2.82. The molecule has 1 aliphatic heterocycles. The third-order valence-corrected chi connectivity index (χ3v) is 3.16. The van der Waals surface area contributed by atoms with E-state index in [1.54, 1.807) is 0 Å². The summed E-state index contributed by atoms with van der Waals surface area (Å²) in [5.74, 6) is -0.336. The van der Waals surface area contributed by atoms with E-state index in [1.807, 2.05) is 0 Å². The fourth-order valence-electron chi connectivity index (χ4n) is 2.11. The van der Waals surface area contributed by atoms with Gasteiger partial charge in [-0.05, 0) is 19.8 Å². The summed E-state index contributed by atoms with van der Waals surface area (Å²) in [6.45, 7) is 2.40. The predicted molar refractivity (Wildman–Crippen MR) is 64.9 cm³/mol. The fourth-order valence-corrected chi connectivity index (χ4v) is 2.11. The van der Waals surface area contributed by atoms with Crippen LogP contribution in [0.15, 0.2) is 15.8 Å². The van der Waals surface area contributed by atoms with Crippen molar-refractivity contribution in [1.82, 2.24) is 9.13 Å². The first-order valence-electron chi connectivity index (χ1n) is 5.93. The Kier molecular flexibility index (Phi) is 3.47. The maximum atomic E-state index is 11.9. The number of Topliss-reactive ketones (excluding diaryl/α,β-unsaturated/α-hetero) is 1. The van der Waals surface area contributed by atoms with E-state index in [9.17, 15) is 14.4 Å². The van der Waals surface area contributed by atoms with Crippen LogP contribution in [0.25, 0.3) is 0 Å². The van der Waals surface area contributed by atoms with Crippen molar-refractivity contribution < 1.29 is 9.53 Å². The van der Waals surface area contributed by atoms with Gasteiger partial charge < -0.3 is 4.74 Å². The first-order chi connectivity index (χ1) is 8.50. The van der Waals surface area contributed by atoms with Crippen molar-refractivity contribution in [2.24, 2.45) is 7.05 Å². The highest BCUT2D eigenvalue weighted by molar-refractivity contribution is 5.93. The summed E-state index contributed by atoms with van der Waals surface area (Å²) in [5, 5.41) is 0. The molecule has 2 rings (SSSR count). The summed E-state index contributed by atoms with van der Waals surface area (Å²) in [6, 6.07) is 0. The maximum absolute atomic E-state index is 11.9. The van der Waals surface area contributed by atoms with Gasteiger partial charge in [0.2, 0.25) is 0 Å². The van der Waals surface area contributed by atoms with Gasteiger partial charge in [-0.25, -0.2) is 4.79 Å². The summed E-state index contributed by atoms with van der Waals surface area (Å²) in [4.78, 5) is 35.0. The zero-order chi connectivity index (χ0) is 13.3. The number of ether oxygens (including phenoxy) is 1. The van der Waals surface area contributed by atoms with Crippen LogP contribution in [0.1, 0.15) is 30.1 Å². The summed E-state index contributed by atoms with van der Waals surface area (Å²) in [6.07, 6.45) is 3.20. The topological polar surface area (TPSA) is 70.3 Å². The fraction of sp³-hybridized carbons (Fsp3) is 0.583. The van der Waals surface area contributed by atoms with Gasteiger partial charge in [0.15, 0.2) is 5.78 Å². The van der Waals surface area contributed by atoms with Crippen molar-refractivity contribution in [3.05, 3.63) is 32.6 Å². The zero-order valence-corrected chi connectivity index (χ0v) is 10.5. The van der Waals surface area contributed by atoms with Crippen molar-refractivity contribution in [1.29, 1.82) is 0 Å². The molecule has 0 aliphatic carbocycles. The molecule has 6 nitrogen and oxygen atoms in total. The molecule has 0 amide bonds. The van der Waals surface area contributed by atoms with Gasteiger partial charge in [-0.15, -0.1) is 0 Å². The lowest BCUT2D eigenvalue weighted by atomic mass is 10.2. The van der Waals surface area contributed by atoms with Crippen molar-refractivity contribution >= 4 is 5.78 Å². The Morgan fingerprint density at radius 3 is 2.78 bits per heavy atom. The number of carbonyl (C=O) groups excluding carboxylic acids is 1. The molecule has 2 heterocycles. The summed E-state index contributed by atoms with van der Waals surface area (Å²) in [7, 11) is 1.38. The second-order valence-electron chi connectivity index (χ2n) is 4.53. The largest absolute Gasteiger partial charge is 0.376 e. The highest BCUT2D eigenvalue weighted by atomic mass is 16.5. The van der Waals surface area contributed by atoms with Crippen LogP contribution in [0.2, 0.25) is 0 Å². The van der Waals surface area contributed by atoms with E-state index in [-0.39, 0.29) is 17.5 Å². The number of aromatic nitrogens is 2. The quantitative estimate of drug-likeness (QED) is 0.706. The smallest absolute Gasteiger partial charge is 0.330 e. The van der Waals surface area contributed by atoms with E-state index >= 15 is 0 Å². The molecule has 0 spiro atoms. The highest BCUT2D eigenvalue weighted by Gasteiger charge is 2.19. The van der Waals surface area contributed by atoms with E-state index in [0.29, 0.717) is 13.2 Å². The monoisotopic (exact) mass is 252 g/mol. The zero-order valence-electron chi connectivity index (χ0n) is 10.5. The van der Waals surface area contributed by atoms with Crippen LogP contribution >= 0.6 is 0 Å². The van der Waals surface area contributed by atoms with Gasteiger partial charge in [0, 0.05) is 19.9 Å². The second-order valence-corrected chi connectivity index (χ2v) is 4.53. The molecule has 1 aromatic rings. The number of ketones is 1. The molecule has 6 heteroatoms. The number of carbonyl (C=O) groups is 1. The lowest BCUT2D eigenvalue weighted by Crippen LogP contribution is -2.41. The minimum atomic E-state index is -0.545. The standard InChI is InChI=1S/C12H16N2O4/c1-8(15)10-7-14(6-9-4-3-5-18-9)12(17)13(2)11(10)16/h7,9H,3-6H2,1-2H3/t9-/m1/s1. The molecule has 0 aromatic carbocycles. The number of hydrogen-bond donors (Lipinski definition) is 0. The Morgan fingerprint density at radius 1 is 1.50 bits per heavy atom. The minimum absolute atomic E-state index is 0.0139. The van der Waals surface area contributed by atoms with Gasteiger partial charge in [-0.2, -0.15) is 0 Å². The molecule has 98 valence electrons. The number of rotatable bonds is 3. The Hall–Kier alpha value is -1.69. The van der Waals surface area contributed by atoms with Crippen LogP contribution in [0.4, 0.5) is 0 Å². The highest BCUT2D eigenvalue weighted by Crippen LogP contribution is 2.13. The molecule has 1 aliphatic rings. The predicted octanol–water partition coefficient (Wildman–Crippen LogP) is -0.0714. The van der Waals surface area contributed by atoms with Crippen LogP contribution in [0.5, 0.6) is 0 Å². The van der Waals surface area contributed by atoms with Crippen molar-refractivity contribution in [2.45, 2.75) is 32.4 Å². The molecule has 1 aromatic heterocycles. The first kappa shape index (κ1) is 12.8. The SMILES string of the molecule is CC(=O)c1cn(C[C@H]2CCCO2)c(=O)n(C)c1=O. The summed E-state index contributed by atoms with van der Waals surface area (Å²) >= 11 is 0. The second kappa shape index (κ2) is 4.89. The van der Waals surface area contributed by atoms with Crippen molar-refractivity contribution in [3.63, 3.8) is 0 Å². The van der Waals surface area contributed by atoms with Gasteiger partial charge in [0.25, 0.3) is 5.56 Å². The van der Waals surface area contributed by atoms with Crippen LogP contribution in [0.3, 0.4) is 0 Å². The molecule has 0 radical (unpaired) electrons. The summed E-state index contributed by atoms with van der Waals surface area (Å²) in [5.41, 5.74) is -0.924. The number of nitrogens with zero attached hydrogens (tertiary/aromatic N) is 2. The van der Waals surface area contributed by atoms with E-state index in [2.05, 4.69) is 0 Å². The van der Waals surface area contributed by atoms with Gasteiger partial charge in [0.1, 0.15) is 0 Å². The third-order valence-electron chi connectivity index (χ3n) is 3.16. The normalized spacial score (nSPS) is 19.1. The minimum Gasteiger partial charge on any atom is -0.376 e. The van der Waals surface area contributed by atoms with E-state index < -0.39 is 11.2 Å². The Morgan fingerprint density at radius 2 is 2.22 bits per heavy atom. The Balaban J connectivity index is 2.43. The van der Waals surface area contributed by atoms with Crippen molar-refractivity contribution in [3.8, 4) is 0 Å². The molecule has 1 atom stereocenters. The van der Waals surface area contributed by atoms with Gasteiger partial charge in [-0.1, -0.05) is 0 Å². The van der Waals surface area contributed by atoms with Gasteiger partial charge >= 0.3 is 5.69 Å². The van der Waals surface area contributed by atoms with Gasteiger partial charge in [0.05, 0.1) is 18.2 Å². The first-order valence-corrected chi connectivity index (χ1v) is 5.93.